The van der Waals surface area contributed by atoms with Crippen LogP contribution in [0.3, 0.4) is 0 Å². The van der Waals surface area contributed by atoms with Crippen LogP contribution in [0, 0.1) is 0 Å². The Balaban J connectivity index is 1.48. The van der Waals surface area contributed by atoms with Gasteiger partial charge in [-0.2, -0.15) is 9.97 Å². The summed E-state index contributed by atoms with van der Waals surface area (Å²) in [6, 6.07) is 5.66. The number of nitrogens with zero attached hydrogens (tertiary/aromatic N) is 4. The number of hydrogen-bond acceptors (Lipinski definition) is 6. The summed E-state index contributed by atoms with van der Waals surface area (Å²) in [6.07, 6.45) is 2.51. The number of anilines is 2. The molecule has 0 bridgehead atoms. The Hall–Kier alpha value is -2.12. The summed E-state index contributed by atoms with van der Waals surface area (Å²) in [5, 5.41) is 10.7. The molecule has 8 heteroatoms. The number of rotatable bonds is 4. The average molecular weight is 319 g/mol. The number of hydrogen-bond donors (Lipinski definition) is 2. The molecule has 0 unspecified atom stereocenters. The molecule has 1 fully saturated rings. The minimum absolute atomic E-state index is 0.351. The van der Waals surface area contributed by atoms with Crippen molar-refractivity contribution in [3.8, 4) is 0 Å². The summed E-state index contributed by atoms with van der Waals surface area (Å²) >= 11 is 5.93. The molecule has 22 heavy (non-hydrogen) atoms. The number of nitrogens with one attached hydrogen (secondary N) is 2. The molecule has 114 valence electrons. The largest absolute Gasteiger partial charge is 0.423 e. The summed E-state index contributed by atoms with van der Waals surface area (Å²) in [7, 11) is 0. The Bertz CT molecular complexity index is 792. The van der Waals surface area contributed by atoms with E-state index in [4.69, 9.17) is 16.0 Å². The highest BCUT2D eigenvalue weighted by atomic mass is 35.5. The van der Waals surface area contributed by atoms with E-state index in [2.05, 4.69) is 30.4 Å². The molecule has 4 rings (SSSR count). The molecule has 1 saturated heterocycles. The molecule has 1 aliphatic rings. The Morgan fingerprint density at radius 3 is 3.00 bits per heavy atom. The number of H-pyrrole nitrogens is 1. The van der Waals surface area contributed by atoms with E-state index in [0.717, 1.165) is 31.0 Å². The van der Waals surface area contributed by atoms with Crippen molar-refractivity contribution in [1.82, 2.24) is 25.1 Å². The molecule has 0 atom stereocenters. The summed E-state index contributed by atoms with van der Waals surface area (Å²) in [4.78, 5) is 11.1. The van der Waals surface area contributed by atoms with Crippen molar-refractivity contribution >= 4 is 34.7 Å². The third kappa shape index (κ3) is 2.77. The first-order valence-electron chi connectivity index (χ1n) is 7.23. The van der Waals surface area contributed by atoms with Crippen LogP contribution < -0.4 is 5.32 Å². The van der Waals surface area contributed by atoms with Crippen molar-refractivity contribution in [3.05, 3.63) is 29.0 Å². The van der Waals surface area contributed by atoms with Crippen molar-refractivity contribution in [2.45, 2.75) is 19.4 Å². The maximum Gasteiger partial charge on any atom is 0.302 e. The van der Waals surface area contributed by atoms with E-state index < -0.39 is 0 Å². The van der Waals surface area contributed by atoms with Gasteiger partial charge < -0.3 is 4.42 Å². The van der Waals surface area contributed by atoms with Gasteiger partial charge in [-0.05, 0) is 38.1 Å². The average Bonchev–Trinajstić information content (AvgIpc) is 3.20. The van der Waals surface area contributed by atoms with E-state index >= 15 is 0 Å². The number of benzene rings is 1. The molecule has 7 nitrogen and oxygen atoms in total. The SMILES string of the molecule is Clc1ccc2nc(Nc3n[nH]c(CN4CCCC4)n3)oc2c1. The Kier molecular flexibility index (Phi) is 3.44. The maximum absolute atomic E-state index is 5.93. The summed E-state index contributed by atoms with van der Waals surface area (Å²) in [6.45, 7) is 3.03. The van der Waals surface area contributed by atoms with E-state index in [9.17, 15) is 0 Å². The number of oxazole rings is 1. The van der Waals surface area contributed by atoms with Gasteiger partial charge in [0, 0.05) is 11.1 Å². The number of likely N-dealkylation sites (tertiary alicyclic amines) is 1. The second-order valence-corrected chi connectivity index (χ2v) is 5.78. The van der Waals surface area contributed by atoms with Crippen LogP contribution in [0.4, 0.5) is 12.0 Å². The minimum Gasteiger partial charge on any atom is -0.423 e. The normalized spacial score (nSPS) is 15.7. The van der Waals surface area contributed by atoms with Crippen LogP contribution in [-0.2, 0) is 6.54 Å². The van der Waals surface area contributed by atoms with Crippen molar-refractivity contribution < 1.29 is 4.42 Å². The predicted octanol–water partition coefficient (Wildman–Crippen LogP) is 2.94. The Morgan fingerprint density at radius 2 is 2.14 bits per heavy atom. The minimum atomic E-state index is 0.351. The van der Waals surface area contributed by atoms with Crippen LogP contribution in [0.25, 0.3) is 11.1 Å². The number of fused-ring (bicyclic) bond motifs is 1. The molecule has 0 spiro atoms. The first-order valence-corrected chi connectivity index (χ1v) is 7.61. The van der Waals surface area contributed by atoms with Gasteiger partial charge in [0.2, 0.25) is 5.95 Å². The highest BCUT2D eigenvalue weighted by Gasteiger charge is 2.15. The Morgan fingerprint density at radius 1 is 1.27 bits per heavy atom. The highest BCUT2D eigenvalue weighted by molar-refractivity contribution is 6.31. The second-order valence-electron chi connectivity index (χ2n) is 5.35. The van der Waals surface area contributed by atoms with Gasteiger partial charge in [-0.15, -0.1) is 5.10 Å². The second kappa shape index (κ2) is 5.58. The monoisotopic (exact) mass is 318 g/mol. The predicted molar refractivity (Wildman–Crippen MR) is 83.2 cm³/mol. The van der Waals surface area contributed by atoms with E-state index in [1.807, 2.05) is 6.07 Å². The fourth-order valence-corrected chi connectivity index (χ4v) is 2.78. The molecule has 0 saturated carbocycles. The molecule has 0 aliphatic carbocycles. The van der Waals surface area contributed by atoms with Crippen molar-refractivity contribution in [2.24, 2.45) is 0 Å². The van der Waals surface area contributed by atoms with Gasteiger partial charge in [-0.1, -0.05) is 11.6 Å². The fourth-order valence-electron chi connectivity index (χ4n) is 2.62. The molecule has 3 heterocycles. The van der Waals surface area contributed by atoms with Gasteiger partial charge in [0.25, 0.3) is 0 Å². The molecule has 0 radical (unpaired) electrons. The highest BCUT2D eigenvalue weighted by Crippen LogP contribution is 2.23. The smallest absolute Gasteiger partial charge is 0.302 e. The lowest BCUT2D eigenvalue weighted by Gasteiger charge is -2.10. The van der Waals surface area contributed by atoms with Crippen LogP contribution in [0.1, 0.15) is 18.7 Å². The van der Waals surface area contributed by atoms with Gasteiger partial charge in [0.05, 0.1) is 6.54 Å². The standard InChI is InChI=1S/C14H15ClN6O/c15-9-3-4-10-11(7-9)22-14(16-10)18-13-17-12(19-20-13)8-21-5-1-2-6-21/h3-4,7H,1-2,5-6,8H2,(H2,16,17,18,19,20). The van der Waals surface area contributed by atoms with Crippen molar-refractivity contribution in [2.75, 3.05) is 18.4 Å². The first kappa shape index (κ1) is 13.5. The molecule has 1 aliphatic heterocycles. The van der Waals surface area contributed by atoms with Crippen molar-refractivity contribution in [1.29, 1.82) is 0 Å². The van der Waals surface area contributed by atoms with Gasteiger partial charge in [0.1, 0.15) is 11.3 Å². The van der Waals surface area contributed by atoms with E-state index in [0.29, 0.717) is 22.6 Å². The lowest BCUT2D eigenvalue weighted by molar-refractivity contribution is 0.323. The molecular weight excluding hydrogens is 304 g/mol. The van der Waals surface area contributed by atoms with Gasteiger partial charge in [-0.25, -0.2) is 0 Å². The lowest BCUT2D eigenvalue weighted by atomic mass is 10.3. The van der Waals surface area contributed by atoms with E-state index in [1.165, 1.54) is 12.8 Å². The third-order valence-corrected chi connectivity index (χ3v) is 3.91. The number of aromatic nitrogens is 4. The zero-order valence-corrected chi connectivity index (χ0v) is 12.6. The van der Waals surface area contributed by atoms with Crippen LogP contribution in [-0.4, -0.2) is 38.2 Å². The quantitative estimate of drug-likeness (QED) is 0.769. The zero-order chi connectivity index (χ0) is 14.9. The molecular formula is C14H15ClN6O. The maximum atomic E-state index is 5.93. The van der Waals surface area contributed by atoms with Crippen LogP contribution in [0.15, 0.2) is 22.6 Å². The summed E-state index contributed by atoms with van der Waals surface area (Å²) in [5.41, 5.74) is 1.36. The molecule has 1 aromatic carbocycles. The fraction of sp³-hybridized carbons (Fsp3) is 0.357. The Labute approximate surface area is 131 Å². The number of halogens is 1. The van der Waals surface area contributed by atoms with Gasteiger partial charge in [0.15, 0.2) is 5.58 Å². The molecule has 0 amide bonds. The number of aromatic amines is 1. The first-order chi connectivity index (χ1) is 10.8. The van der Waals surface area contributed by atoms with Crippen LogP contribution in [0.5, 0.6) is 0 Å². The molecule has 3 aromatic rings. The van der Waals surface area contributed by atoms with Crippen molar-refractivity contribution in [3.63, 3.8) is 0 Å². The zero-order valence-electron chi connectivity index (χ0n) is 11.8. The molecule has 2 aromatic heterocycles. The van der Waals surface area contributed by atoms with Gasteiger partial charge >= 0.3 is 6.01 Å². The van der Waals surface area contributed by atoms with E-state index in [1.54, 1.807) is 12.1 Å². The summed E-state index contributed by atoms with van der Waals surface area (Å²) < 4.78 is 5.58. The van der Waals surface area contributed by atoms with Crippen LogP contribution in [0.2, 0.25) is 5.02 Å². The van der Waals surface area contributed by atoms with Gasteiger partial charge in [-0.3, -0.25) is 15.3 Å². The van der Waals surface area contributed by atoms with Crippen LogP contribution >= 0.6 is 11.6 Å². The summed E-state index contributed by atoms with van der Waals surface area (Å²) in [5.74, 6) is 1.29. The molecule has 2 N–H and O–H groups in total. The lowest BCUT2D eigenvalue weighted by Crippen LogP contribution is -2.19. The topological polar surface area (TPSA) is 82.9 Å². The third-order valence-electron chi connectivity index (χ3n) is 3.67. The van der Waals surface area contributed by atoms with E-state index in [-0.39, 0.29) is 0 Å².